The Kier molecular flexibility index (Phi) is 5.27. The van der Waals surface area contributed by atoms with Gasteiger partial charge in [0.25, 0.3) is 0 Å². The van der Waals surface area contributed by atoms with E-state index in [-0.39, 0.29) is 11.4 Å². The van der Waals surface area contributed by atoms with Gasteiger partial charge in [-0.25, -0.2) is 0 Å². The van der Waals surface area contributed by atoms with Gasteiger partial charge in [-0.3, -0.25) is 4.79 Å². The number of carbonyl (C=O) groups excluding carboxylic acids is 1. The quantitative estimate of drug-likeness (QED) is 0.785. The predicted octanol–water partition coefficient (Wildman–Crippen LogP) is 0.815. The number of amides is 1. The molecule has 0 aliphatic rings. The van der Waals surface area contributed by atoms with Gasteiger partial charge >= 0.3 is 0 Å². The van der Waals surface area contributed by atoms with Gasteiger partial charge in [-0.1, -0.05) is 5.16 Å². The number of hydrogen-bond acceptors (Lipinski definition) is 5. The van der Waals surface area contributed by atoms with Crippen LogP contribution in [0.4, 0.5) is 0 Å². The van der Waals surface area contributed by atoms with Crippen molar-refractivity contribution in [1.82, 2.24) is 20.8 Å². The standard InChI is InChI=1S/C12H22N4O2/c1-9-15-11(18-16-9)6-7-13-10(17)5-8-14-12(2,3)4/h14H,5-8H2,1-4H3,(H,13,17). The maximum absolute atomic E-state index is 11.5. The van der Waals surface area contributed by atoms with Crippen molar-refractivity contribution in [2.45, 2.75) is 46.1 Å². The molecule has 0 fully saturated rings. The van der Waals surface area contributed by atoms with E-state index in [9.17, 15) is 4.79 Å². The zero-order valence-electron chi connectivity index (χ0n) is 11.5. The van der Waals surface area contributed by atoms with Gasteiger partial charge in [0, 0.05) is 31.5 Å². The first-order valence-corrected chi connectivity index (χ1v) is 6.18. The molecule has 0 unspecified atom stereocenters. The summed E-state index contributed by atoms with van der Waals surface area (Å²) in [6, 6.07) is 0. The van der Waals surface area contributed by atoms with Gasteiger partial charge in [-0.2, -0.15) is 4.98 Å². The number of aryl methyl sites for hydroxylation is 1. The van der Waals surface area contributed by atoms with E-state index >= 15 is 0 Å². The summed E-state index contributed by atoms with van der Waals surface area (Å²) in [6.07, 6.45) is 1.04. The van der Waals surface area contributed by atoms with Gasteiger partial charge in [0.2, 0.25) is 11.8 Å². The molecule has 0 saturated heterocycles. The van der Waals surface area contributed by atoms with E-state index in [1.807, 2.05) is 0 Å². The second-order valence-electron chi connectivity index (χ2n) is 5.26. The summed E-state index contributed by atoms with van der Waals surface area (Å²) in [7, 11) is 0. The molecule has 1 heterocycles. The molecule has 6 nitrogen and oxygen atoms in total. The van der Waals surface area contributed by atoms with Crippen LogP contribution in [-0.4, -0.2) is 34.7 Å². The zero-order chi connectivity index (χ0) is 13.6. The fraction of sp³-hybridized carbons (Fsp3) is 0.750. The summed E-state index contributed by atoms with van der Waals surface area (Å²) in [4.78, 5) is 15.6. The Labute approximate surface area is 108 Å². The van der Waals surface area contributed by atoms with Crippen molar-refractivity contribution in [3.63, 3.8) is 0 Å². The van der Waals surface area contributed by atoms with Gasteiger partial charge in [0.1, 0.15) is 0 Å². The molecule has 0 aliphatic heterocycles. The van der Waals surface area contributed by atoms with Crippen LogP contribution in [0.1, 0.15) is 38.9 Å². The second-order valence-corrected chi connectivity index (χ2v) is 5.26. The smallest absolute Gasteiger partial charge is 0.228 e. The van der Waals surface area contributed by atoms with Gasteiger partial charge in [-0.05, 0) is 27.7 Å². The molecule has 0 aliphatic carbocycles. The van der Waals surface area contributed by atoms with E-state index in [1.165, 1.54) is 0 Å². The third-order valence-electron chi connectivity index (χ3n) is 2.24. The molecule has 1 amide bonds. The van der Waals surface area contributed by atoms with Crippen molar-refractivity contribution in [2.24, 2.45) is 0 Å². The maximum Gasteiger partial charge on any atom is 0.228 e. The molecular weight excluding hydrogens is 232 g/mol. The Balaban J connectivity index is 2.10. The van der Waals surface area contributed by atoms with Crippen LogP contribution in [0.15, 0.2) is 4.52 Å². The summed E-state index contributed by atoms with van der Waals surface area (Å²) in [6.45, 7) is 9.18. The molecule has 0 radical (unpaired) electrons. The minimum Gasteiger partial charge on any atom is -0.356 e. The fourth-order valence-corrected chi connectivity index (χ4v) is 1.39. The number of hydrogen-bond donors (Lipinski definition) is 2. The molecule has 0 aromatic carbocycles. The van der Waals surface area contributed by atoms with Crippen LogP contribution in [0.5, 0.6) is 0 Å². The molecule has 1 aromatic heterocycles. The molecule has 0 saturated carbocycles. The van der Waals surface area contributed by atoms with E-state index in [0.29, 0.717) is 37.6 Å². The van der Waals surface area contributed by atoms with E-state index < -0.39 is 0 Å². The number of rotatable bonds is 6. The van der Waals surface area contributed by atoms with Crippen molar-refractivity contribution in [3.05, 3.63) is 11.7 Å². The number of nitrogens with one attached hydrogen (secondary N) is 2. The van der Waals surface area contributed by atoms with E-state index in [0.717, 1.165) is 0 Å². The highest BCUT2D eigenvalue weighted by atomic mass is 16.5. The number of carbonyl (C=O) groups is 1. The lowest BCUT2D eigenvalue weighted by atomic mass is 10.1. The van der Waals surface area contributed by atoms with Crippen LogP contribution in [0.3, 0.4) is 0 Å². The first kappa shape index (κ1) is 14.6. The molecule has 0 spiro atoms. The van der Waals surface area contributed by atoms with Crippen molar-refractivity contribution in [1.29, 1.82) is 0 Å². The van der Waals surface area contributed by atoms with Crippen LogP contribution in [0, 0.1) is 6.92 Å². The topological polar surface area (TPSA) is 80.0 Å². The lowest BCUT2D eigenvalue weighted by molar-refractivity contribution is -0.121. The van der Waals surface area contributed by atoms with Gasteiger partial charge in [0.15, 0.2) is 5.82 Å². The molecule has 0 atom stereocenters. The van der Waals surface area contributed by atoms with Gasteiger partial charge in [-0.15, -0.1) is 0 Å². The molecule has 1 aromatic rings. The lowest BCUT2D eigenvalue weighted by Crippen LogP contribution is -2.38. The van der Waals surface area contributed by atoms with E-state index in [4.69, 9.17) is 4.52 Å². The van der Waals surface area contributed by atoms with Crippen LogP contribution < -0.4 is 10.6 Å². The van der Waals surface area contributed by atoms with E-state index in [2.05, 4.69) is 41.5 Å². The molecule has 18 heavy (non-hydrogen) atoms. The first-order chi connectivity index (χ1) is 8.37. The van der Waals surface area contributed by atoms with Crippen LogP contribution in [0.25, 0.3) is 0 Å². The predicted molar refractivity (Wildman–Crippen MR) is 68.1 cm³/mol. The molecule has 1 rings (SSSR count). The van der Waals surface area contributed by atoms with Crippen LogP contribution in [0.2, 0.25) is 0 Å². The molecule has 6 heteroatoms. The summed E-state index contributed by atoms with van der Waals surface area (Å²) in [5.41, 5.74) is 0.0432. The third-order valence-corrected chi connectivity index (χ3v) is 2.24. The molecular formula is C12H22N4O2. The Bertz CT molecular complexity index is 382. The van der Waals surface area contributed by atoms with Crippen molar-refractivity contribution < 1.29 is 9.32 Å². The minimum absolute atomic E-state index is 0.0305. The third kappa shape index (κ3) is 6.34. The fourth-order valence-electron chi connectivity index (χ4n) is 1.39. The summed E-state index contributed by atoms with van der Waals surface area (Å²) < 4.78 is 4.95. The molecule has 2 N–H and O–H groups in total. The van der Waals surface area contributed by atoms with Crippen LogP contribution >= 0.6 is 0 Å². The Hall–Kier alpha value is -1.43. The Morgan fingerprint density at radius 1 is 1.33 bits per heavy atom. The lowest BCUT2D eigenvalue weighted by Gasteiger charge is -2.20. The normalized spacial score (nSPS) is 11.6. The highest BCUT2D eigenvalue weighted by Crippen LogP contribution is 1.98. The van der Waals surface area contributed by atoms with Crippen molar-refractivity contribution >= 4 is 5.91 Å². The van der Waals surface area contributed by atoms with Gasteiger partial charge < -0.3 is 15.2 Å². The first-order valence-electron chi connectivity index (χ1n) is 6.18. The number of aromatic nitrogens is 2. The minimum atomic E-state index is 0.0305. The van der Waals surface area contributed by atoms with Crippen molar-refractivity contribution in [2.75, 3.05) is 13.1 Å². The maximum atomic E-state index is 11.5. The van der Waals surface area contributed by atoms with Crippen molar-refractivity contribution in [3.8, 4) is 0 Å². The molecule has 102 valence electrons. The second kappa shape index (κ2) is 6.49. The zero-order valence-corrected chi connectivity index (χ0v) is 11.5. The Morgan fingerprint density at radius 2 is 2.06 bits per heavy atom. The monoisotopic (exact) mass is 254 g/mol. The van der Waals surface area contributed by atoms with Gasteiger partial charge in [0.05, 0.1) is 0 Å². The van der Waals surface area contributed by atoms with E-state index in [1.54, 1.807) is 6.92 Å². The van der Waals surface area contributed by atoms with Crippen LogP contribution in [-0.2, 0) is 11.2 Å². The highest BCUT2D eigenvalue weighted by molar-refractivity contribution is 5.76. The summed E-state index contributed by atoms with van der Waals surface area (Å²) in [5.74, 6) is 1.20. The average molecular weight is 254 g/mol. The number of nitrogens with zero attached hydrogens (tertiary/aromatic N) is 2. The SMILES string of the molecule is Cc1noc(CCNC(=O)CCNC(C)(C)C)n1. The largest absolute Gasteiger partial charge is 0.356 e. The Morgan fingerprint density at radius 3 is 2.61 bits per heavy atom. The summed E-state index contributed by atoms with van der Waals surface area (Å²) in [5, 5.41) is 9.76. The summed E-state index contributed by atoms with van der Waals surface area (Å²) >= 11 is 0. The average Bonchev–Trinajstić information content (AvgIpc) is 2.62. The highest BCUT2D eigenvalue weighted by Gasteiger charge is 2.09. The molecule has 0 bridgehead atoms.